The first-order valence-corrected chi connectivity index (χ1v) is 11.3. The molecule has 3 atom stereocenters. The van der Waals surface area contributed by atoms with Crippen molar-refractivity contribution in [2.24, 2.45) is 5.92 Å². The smallest absolute Gasteiger partial charge is 0.211 e. The van der Waals surface area contributed by atoms with E-state index < -0.39 is 11.8 Å². The lowest BCUT2D eigenvalue weighted by molar-refractivity contribution is -0.484. The van der Waals surface area contributed by atoms with Gasteiger partial charge in [-0.1, -0.05) is 110 Å². The molecule has 0 unspecified atom stereocenters. The molecule has 0 amide bonds. The highest BCUT2D eigenvalue weighted by molar-refractivity contribution is 5.99. The van der Waals surface area contributed by atoms with E-state index in [0.717, 1.165) is 21.9 Å². The number of carbonyl (C=O) groups is 1. The zero-order valence-corrected chi connectivity index (χ0v) is 18.6. The van der Waals surface area contributed by atoms with Gasteiger partial charge in [-0.05, 0) is 34.2 Å². The van der Waals surface area contributed by atoms with Gasteiger partial charge >= 0.3 is 0 Å². The molecule has 0 saturated carbocycles. The number of ketones is 1. The molecule has 0 aliphatic carbocycles. The van der Waals surface area contributed by atoms with Crippen molar-refractivity contribution in [1.29, 1.82) is 0 Å². The summed E-state index contributed by atoms with van der Waals surface area (Å²) in [5.41, 5.74) is 2.47. The number of Topliss-reactive ketones (excluding diaryl/α,β-unsaturated/α-hetero) is 1. The van der Waals surface area contributed by atoms with E-state index in [2.05, 4.69) is 31.2 Å². The van der Waals surface area contributed by atoms with Gasteiger partial charge in [0.1, 0.15) is 0 Å². The van der Waals surface area contributed by atoms with Crippen LogP contribution in [0.15, 0.2) is 103 Å². The molecule has 0 heterocycles. The molecule has 0 aromatic heterocycles. The van der Waals surface area contributed by atoms with E-state index in [1.807, 2.05) is 66.7 Å². The lowest BCUT2D eigenvalue weighted by Gasteiger charge is -2.32. The first-order chi connectivity index (χ1) is 16.1. The van der Waals surface area contributed by atoms with Crippen molar-refractivity contribution in [2.75, 3.05) is 6.54 Å². The van der Waals surface area contributed by atoms with Crippen molar-refractivity contribution in [2.45, 2.75) is 25.2 Å². The van der Waals surface area contributed by atoms with E-state index in [1.54, 1.807) is 12.1 Å². The van der Waals surface area contributed by atoms with Crippen molar-refractivity contribution >= 4 is 16.6 Å². The highest BCUT2D eigenvalue weighted by atomic mass is 16.6. The number of hydrogen-bond donors (Lipinski definition) is 0. The minimum atomic E-state index is -0.573. The van der Waals surface area contributed by atoms with Gasteiger partial charge in [0.05, 0.1) is 5.92 Å². The summed E-state index contributed by atoms with van der Waals surface area (Å²) in [5, 5.41) is 14.0. The van der Waals surface area contributed by atoms with Crippen LogP contribution in [0.1, 0.15) is 46.7 Å². The fourth-order valence-electron chi connectivity index (χ4n) is 4.97. The molecule has 0 N–H and O–H groups in total. The third kappa shape index (κ3) is 4.85. The topological polar surface area (TPSA) is 60.2 Å². The molecular formula is C29H27NO3. The average Bonchev–Trinajstić information content (AvgIpc) is 2.86. The van der Waals surface area contributed by atoms with Gasteiger partial charge in [-0.2, -0.15) is 0 Å². The molecule has 0 aliphatic heterocycles. The fourth-order valence-corrected chi connectivity index (χ4v) is 4.97. The number of rotatable bonds is 9. The maximum absolute atomic E-state index is 14.0. The molecule has 4 rings (SSSR count). The maximum Gasteiger partial charge on any atom is 0.211 e. The zero-order chi connectivity index (χ0) is 23.2. The summed E-state index contributed by atoms with van der Waals surface area (Å²) in [5.74, 6) is -1.34. The first kappa shape index (κ1) is 22.4. The van der Waals surface area contributed by atoms with Crippen molar-refractivity contribution in [3.05, 3.63) is 130 Å². The van der Waals surface area contributed by atoms with E-state index in [-0.39, 0.29) is 23.2 Å². The first-order valence-electron chi connectivity index (χ1n) is 11.3. The van der Waals surface area contributed by atoms with Gasteiger partial charge in [0.25, 0.3) is 0 Å². The Hall–Kier alpha value is -3.79. The minimum absolute atomic E-state index is 0.0499. The number of fused-ring (bicyclic) bond motifs is 1. The van der Waals surface area contributed by atoms with Crippen LogP contribution in [0, 0.1) is 16.0 Å². The highest BCUT2D eigenvalue weighted by Gasteiger charge is 2.39. The SMILES string of the molecule is CC[C@@H](c1cccc2ccccc12)[C@@H](C(=O)c1ccccc1)[C@H](C[N+](=O)[O-])c1ccccc1. The largest absolute Gasteiger partial charge is 0.294 e. The van der Waals surface area contributed by atoms with Crippen molar-refractivity contribution in [1.82, 2.24) is 0 Å². The van der Waals surface area contributed by atoms with Crippen LogP contribution in [0.25, 0.3) is 10.8 Å². The number of benzene rings is 4. The van der Waals surface area contributed by atoms with Crippen LogP contribution < -0.4 is 0 Å². The average molecular weight is 438 g/mol. The summed E-state index contributed by atoms with van der Waals surface area (Å²) < 4.78 is 0. The molecular weight excluding hydrogens is 410 g/mol. The summed E-state index contributed by atoms with van der Waals surface area (Å²) in [7, 11) is 0. The van der Waals surface area contributed by atoms with Crippen LogP contribution in [-0.2, 0) is 0 Å². The van der Waals surface area contributed by atoms with Crippen LogP contribution in [0.5, 0.6) is 0 Å². The maximum atomic E-state index is 14.0. The molecule has 4 heteroatoms. The summed E-state index contributed by atoms with van der Waals surface area (Å²) >= 11 is 0. The van der Waals surface area contributed by atoms with E-state index in [1.165, 1.54) is 0 Å². The van der Waals surface area contributed by atoms with Crippen molar-refractivity contribution < 1.29 is 9.72 Å². The van der Waals surface area contributed by atoms with Crippen LogP contribution in [0.3, 0.4) is 0 Å². The Morgan fingerprint density at radius 2 is 1.39 bits per heavy atom. The molecule has 0 bridgehead atoms. The molecule has 0 spiro atoms. The van der Waals surface area contributed by atoms with Gasteiger partial charge in [0.15, 0.2) is 5.78 Å². The predicted octanol–water partition coefficient (Wildman–Crippen LogP) is 6.89. The molecule has 0 saturated heterocycles. The number of nitro groups is 1. The molecule has 4 aromatic carbocycles. The molecule has 0 fully saturated rings. The molecule has 0 radical (unpaired) electrons. The zero-order valence-electron chi connectivity index (χ0n) is 18.6. The van der Waals surface area contributed by atoms with Crippen LogP contribution >= 0.6 is 0 Å². The van der Waals surface area contributed by atoms with E-state index in [9.17, 15) is 14.9 Å². The predicted molar refractivity (Wildman–Crippen MR) is 132 cm³/mol. The standard InChI is InChI=1S/C29H27NO3/c1-2-24(26-19-11-17-21-14-9-10-18-25(21)26)28(29(31)23-15-7-4-8-16-23)27(20-30(32)33)22-12-5-3-6-13-22/h3-19,24,27-28H,2,20H2,1H3/t24-,27+,28+/m0/s1. The Kier molecular flexibility index (Phi) is 6.94. The summed E-state index contributed by atoms with van der Waals surface area (Å²) in [4.78, 5) is 25.5. The van der Waals surface area contributed by atoms with Gasteiger partial charge in [0, 0.05) is 16.4 Å². The summed E-state index contributed by atoms with van der Waals surface area (Å²) in [6.45, 7) is 1.76. The fraction of sp³-hybridized carbons (Fsp3) is 0.207. The summed E-state index contributed by atoms with van der Waals surface area (Å²) in [6, 6.07) is 32.9. The van der Waals surface area contributed by atoms with Crippen molar-refractivity contribution in [3.63, 3.8) is 0 Å². The Balaban J connectivity index is 1.92. The van der Waals surface area contributed by atoms with Crippen LogP contribution in [-0.4, -0.2) is 17.3 Å². The van der Waals surface area contributed by atoms with E-state index in [4.69, 9.17) is 0 Å². The third-order valence-corrected chi connectivity index (χ3v) is 6.46. The lowest BCUT2D eigenvalue weighted by atomic mass is 9.69. The van der Waals surface area contributed by atoms with Gasteiger partial charge < -0.3 is 0 Å². The van der Waals surface area contributed by atoms with Crippen LogP contribution in [0.2, 0.25) is 0 Å². The summed E-state index contributed by atoms with van der Waals surface area (Å²) in [6.07, 6.45) is 0.693. The van der Waals surface area contributed by atoms with E-state index >= 15 is 0 Å². The second-order valence-electron chi connectivity index (χ2n) is 8.37. The molecule has 4 nitrogen and oxygen atoms in total. The van der Waals surface area contributed by atoms with Crippen LogP contribution in [0.4, 0.5) is 0 Å². The second-order valence-corrected chi connectivity index (χ2v) is 8.37. The lowest BCUT2D eigenvalue weighted by Crippen LogP contribution is -2.33. The molecule has 4 aromatic rings. The minimum Gasteiger partial charge on any atom is -0.294 e. The third-order valence-electron chi connectivity index (χ3n) is 6.46. The molecule has 166 valence electrons. The second kappa shape index (κ2) is 10.2. The monoisotopic (exact) mass is 437 g/mol. The Morgan fingerprint density at radius 3 is 2.06 bits per heavy atom. The molecule has 0 aliphatic rings. The van der Waals surface area contributed by atoms with Gasteiger partial charge in [0.2, 0.25) is 6.54 Å². The van der Waals surface area contributed by atoms with Gasteiger partial charge in [-0.3, -0.25) is 14.9 Å². The number of carbonyl (C=O) groups excluding carboxylic acids is 1. The normalized spacial score (nSPS) is 13.8. The van der Waals surface area contributed by atoms with E-state index in [0.29, 0.717) is 12.0 Å². The number of nitrogens with zero attached hydrogens (tertiary/aromatic N) is 1. The van der Waals surface area contributed by atoms with Gasteiger partial charge in [-0.25, -0.2) is 0 Å². The van der Waals surface area contributed by atoms with Crippen molar-refractivity contribution in [3.8, 4) is 0 Å². The number of hydrogen-bond acceptors (Lipinski definition) is 3. The Bertz CT molecular complexity index is 1230. The Morgan fingerprint density at radius 1 is 0.788 bits per heavy atom. The Labute approximate surface area is 194 Å². The van der Waals surface area contributed by atoms with Gasteiger partial charge in [-0.15, -0.1) is 0 Å². The quantitative estimate of drug-likeness (QED) is 0.163. The molecule has 33 heavy (non-hydrogen) atoms. The highest BCUT2D eigenvalue weighted by Crippen LogP contribution is 2.42.